The van der Waals surface area contributed by atoms with Gasteiger partial charge < -0.3 is 15.2 Å². The van der Waals surface area contributed by atoms with Gasteiger partial charge in [-0.05, 0) is 18.2 Å². The molecule has 0 heterocycles. The van der Waals surface area contributed by atoms with Crippen molar-refractivity contribution < 1.29 is 19.4 Å². The highest BCUT2D eigenvalue weighted by molar-refractivity contribution is 8.00. The normalized spacial score (nSPS) is 11.7. The Labute approximate surface area is 142 Å². The molecule has 1 aromatic carbocycles. The average Bonchev–Trinajstić information content (AvgIpc) is 2.47. The second kappa shape index (κ2) is 9.74. The van der Waals surface area contributed by atoms with Crippen molar-refractivity contribution in [2.24, 2.45) is 0 Å². The number of carbonyl (C=O) groups excluding carboxylic acids is 1. The van der Waals surface area contributed by atoms with Crippen LogP contribution in [0.1, 0.15) is 0 Å². The zero-order valence-electron chi connectivity index (χ0n) is 11.6. The van der Waals surface area contributed by atoms with E-state index in [2.05, 4.69) is 11.9 Å². The first kappa shape index (κ1) is 18.8. The van der Waals surface area contributed by atoms with E-state index in [1.807, 2.05) is 0 Å². The fraction of sp³-hybridized carbons (Fsp3) is 0.286. The second-order valence-electron chi connectivity index (χ2n) is 4.15. The number of carboxylic acids is 1. The van der Waals surface area contributed by atoms with Crippen LogP contribution < -0.4 is 5.32 Å². The summed E-state index contributed by atoms with van der Waals surface area (Å²) in [4.78, 5) is 23.5. The summed E-state index contributed by atoms with van der Waals surface area (Å²) in [6.45, 7) is 3.54. The standard InChI is InChI=1S/C14H15Cl2NO4S/c1-2-5-21-7-11(14(19)20)17-13(18)8-22-12-6-9(15)3-4-10(12)16/h2-4,6,11H,1,5,7-8H2,(H,17,18)(H,19,20). The first-order valence-electron chi connectivity index (χ1n) is 6.22. The molecule has 0 radical (unpaired) electrons. The molecule has 0 aromatic heterocycles. The Hall–Kier alpha value is -1.21. The molecule has 0 bridgehead atoms. The van der Waals surface area contributed by atoms with E-state index < -0.39 is 17.9 Å². The van der Waals surface area contributed by atoms with Crippen molar-refractivity contribution in [3.8, 4) is 0 Å². The van der Waals surface area contributed by atoms with E-state index in [0.29, 0.717) is 14.9 Å². The first-order chi connectivity index (χ1) is 10.4. The molecular formula is C14H15Cl2NO4S. The van der Waals surface area contributed by atoms with Crippen LogP contribution in [-0.2, 0) is 14.3 Å². The number of thioether (sulfide) groups is 1. The number of ether oxygens (including phenoxy) is 1. The third-order valence-corrected chi connectivity index (χ3v) is 4.14. The van der Waals surface area contributed by atoms with Gasteiger partial charge in [0.25, 0.3) is 0 Å². The zero-order valence-corrected chi connectivity index (χ0v) is 13.9. The predicted octanol–water partition coefficient (Wildman–Crippen LogP) is 2.86. The van der Waals surface area contributed by atoms with Crippen molar-refractivity contribution in [2.45, 2.75) is 10.9 Å². The minimum Gasteiger partial charge on any atom is -0.480 e. The highest BCUT2D eigenvalue weighted by Gasteiger charge is 2.20. The minimum atomic E-state index is -1.16. The van der Waals surface area contributed by atoms with Crippen LogP contribution in [0.4, 0.5) is 0 Å². The maximum atomic E-state index is 11.8. The number of hydrogen-bond donors (Lipinski definition) is 2. The Kier molecular flexibility index (Phi) is 8.34. The summed E-state index contributed by atoms with van der Waals surface area (Å²) in [6, 6.07) is 3.81. The number of halogens is 2. The molecule has 0 fully saturated rings. The van der Waals surface area contributed by atoms with Gasteiger partial charge in [0.1, 0.15) is 0 Å². The van der Waals surface area contributed by atoms with Gasteiger partial charge in [-0.3, -0.25) is 4.79 Å². The molecule has 1 rings (SSSR count). The maximum Gasteiger partial charge on any atom is 0.328 e. The average molecular weight is 364 g/mol. The van der Waals surface area contributed by atoms with Crippen LogP contribution in [0.25, 0.3) is 0 Å². The van der Waals surface area contributed by atoms with Crippen LogP contribution in [0.2, 0.25) is 10.0 Å². The topological polar surface area (TPSA) is 75.6 Å². The lowest BCUT2D eigenvalue weighted by Gasteiger charge is -2.14. The van der Waals surface area contributed by atoms with Crippen LogP contribution in [0, 0.1) is 0 Å². The smallest absolute Gasteiger partial charge is 0.328 e. The number of carboxylic acid groups (broad SMARTS) is 1. The summed E-state index contributed by atoms with van der Waals surface area (Å²) >= 11 is 13.0. The number of amides is 1. The van der Waals surface area contributed by atoms with Gasteiger partial charge in [0, 0.05) is 9.92 Å². The lowest BCUT2D eigenvalue weighted by molar-refractivity contribution is -0.143. The Morgan fingerprint density at radius 1 is 1.45 bits per heavy atom. The van der Waals surface area contributed by atoms with Gasteiger partial charge in [0.15, 0.2) is 6.04 Å². The highest BCUT2D eigenvalue weighted by atomic mass is 35.5. The van der Waals surface area contributed by atoms with Crippen LogP contribution >= 0.6 is 35.0 Å². The van der Waals surface area contributed by atoms with E-state index in [1.165, 1.54) is 17.8 Å². The van der Waals surface area contributed by atoms with E-state index in [1.54, 1.807) is 18.2 Å². The molecule has 0 aliphatic heterocycles. The van der Waals surface area contributed by atoms with Crippen LogP contribution in [0.3, 0.4) is 0 Å². The van der Waals surface area contributed by atoms with Crippen LogP contribution in [0.5, 0.6) is 0 Å². The van der Waals surface area contributed by atoms with Crippen molar-refractivity contribution >= 4 is 46.8 Å². The lowest BCUT2D eigenvalue weighted by atomic mass is 10.3. The number of carbonyl (C=O) groups is 2. The van der Waals surface area contributed by atoms with Gasteiger partial charge in [0.05, 0.1) is 24.0 Å². The van der Waals surface area contributed by atoms with E-state index in [4.69, 9.17) is 33.0 Å². The van der Waals surface area contributed by atoms with Crippen molar-refractivity contribution in [1.29, 1.82) is 0 Å². The van der Waals surface area contributed by atoms with Gasteiger partial charge in [0.2, 0.25) is 5.91 Å². The molecule has 1 unspecified atom stereocenters. The molecule has 0 aliphatic carbocycles. The Morgan fingerprint density at radius 3 is 2.82 bits per heavy atom. The largest absolute Gasteiger partial charge is 0.480 e. The van der Waals surface area contributed by atoms with E-state index in [0.717, 1.165) is 0 Å². The van der Waals surface area contributed by atoms with Crippen molar-refractivity contribution in [2.75, 3.05) is 19.0 Å². The first-order valence-corrected chi connectivity index (χ1v) is 7.97. The molecule has 120 valence electrons. The van der Waals surface area contributed by atoms with Gasteiger partial charge in [-0.15, -0.1) is 18.3 Å². The number of nitrogens with one attached hydrogen (secondary N) is 1. The number of benzene rings is 1. The summed E-state index contributed by atoms with van der Waals surface area (Å²) < 4.78 is 5.05. The zero-order chi connectivity index (χ0) is 16.5. The Balaban J connectivity index is 2.51. The molecule has 2 N–H and O–H groups in total. The fourth-order valence-electron chi connectivity index (χ4n) is 1.41. The van der Waals surface area contributed by atoms with E-state index in [-0.39, 0.29) is 19.0 Å². The SMILES string of the molecule is C=CCOCC(NC(=O)CSc1cc(Cl)ccc1Cl)C(=O)O. The van der Waals surface area contributed by atoms with Gasteiger partial charge in [-0.25, -0.2) is 4.79 Å². The number of aliphatic carboxylic acids is 1. The van der Waals surface area contributed by atoms with Crippen molar-refractivity contribution in [3.63, 3.8) is 0 Å². The van der Waals surface area contributed by atoms with E-state index >= 15 is 0 Å². The number of rotatable bonds is 9. The van der Waals surface area contributed by atoms with E-state index in [9.17, 15) is 9.59 Å². The summed E-state index contributed by atoms with van der Waals surface area (Å²) in [5, 5.41) is 12.4. The van der Waals surface area contributed by atoms with Gasteiger partial charge >= 0.3 is 5.97 Å². The quantitative estimate of drug-likeness (QED) is 0.400. The van der Waals surface area contributed by atoms with Gasteiger partial charge in [-0.2, -0.15) is 0 Å². The van der Waals surface area contributed by atoms with Gasteiger partial charge in [-0.1, -0.05) is 29.3 Å². The monoisotopic (exact) mass is 363 g/mol. The van der Waals surface area contributed by atoms with Crippen molar-refractivity contribution in [3.05, 3.63) is 40.9 Å². The van der Waals surface area contributed by atoms with Crippen LogP contribution in [-0.4, -0.2) is 42.0 Å². The molecular weight excluding hydrogens is 349 g/mol. The predicted molar refractivity (Wildman–Crippen MR) is 87.8 cm³/mol. The van der Waals surface area contributed by atoms with Crippen LogP contribution in [0.15, 0.2) is 35.7 Å². The highest BCUT2D eigenvalue weighted by Crippen LogP contribution is 2.29. The molecule has 1 aromatic rings. The Bertz CT molecular complexity index is 554. The Morgan fingerprint density at radius 2 is 2.18 bits per heavy atom. The third kappa shape index (κ3) is 6.70. The summed E-state index contributed by atoms with van der Waals surface area (Å²) in [5.41, 5.74) is 0. The molecule has 22 heavy (non-hydrogen) atoms. The number of hydrogen-bond acceptors (Lipinski definition) is 4. The molecule has 1 amide bonds. The second-order valence-corrected chi connectivity index (χ2v) is 6.01. The summed E-state index contributed by atoms with van der Waals surface area (Å²) in [7, 11) is 0. The third-order valence-electron chi connectivity index (χ3n) is 2.41. The lowest BCUT2D eigenvalue weighted by Crippen LogP contribution is -2.44. The minimum absolute atomic E-state index is 0.0191. The molecule has 0 aliphatic rings. The molecule has 0 spiro atoms. The summed E-state index contributed by atoms with van der Waals surface area (Å²) in [6.07, 6.45) is 1.50. The molecule has 0 saturated carbocycles. The maximum absolute atomic E-state index is 11.8. The molecule has 0 saturated heterocycles. The molecule has 1 atom stereocenters. The fourth-order valence-corrected chi connectivity index (χ4v) is 2.72. The molecule has 8 heteroatoms. The molecule has 5 nitrogen and oxygen atoms in total. The summed E-state index contributed by atoms with van der Waals surface area (Å²) in [5.74, 6) is -1.58. The van der Waals surface area contributed by atoms with Crippen molar-refractivity contribution in [1.82, 2.24) is 5.32 Å².